The first-order chi connectivity index (χ1) is 19.5. The van der Waals surface area contributed by atoms with E-state index in [2.05, 4.69) is 38.5 Å². The molecule has 0 aromatic heterocycles. The average molecular weight is 662 g/mol. The van der Waals surface area contributed by atoms with Crippen LogP contribution in [-0.2, 0) is 11.3 Å². The van der Waals surface area contributed by atoms with Gasteiger partial charge in [-0.05, 0) is 73.9 Å². The van der Waals surface area contributed by atoms with Crippen molar-refractivity contribution in [3.63, 3.8) is 0 Å². The Kier molecular flexibility index (Phi) is 10.1. The molecule has 214 valence electrons. The maximum Gasteiger partial charge on any atom is 0.258 e. The van der Waals surface area contributed by atoms with E-state index in [9.17, 15) is 18.8 Å². The zero-order valence-corrected chi connectivity index (χ0v) is 25.3. The second-order valence-electron chi connectivity index (χ2n) is 9.67. The highest BCUT2D eigenvalue weighted by molar-refractivity contribution is 9.10. The fraction of sp³-hybridized carbons (Fsp3) is 0.233. The molecule has 0 aliphatic carbocycles. The zero-order valence-electron chi connectivity index (χ0n) is 22.2. The Labute approximate surface area is 256 Å². The van der Waals surface area contributed by atoms with Crippen molar-refractivity contribution in [2.24, 2.45) is 0 Å². The fourth-order valence-electron chi connectivity index (χ4n) is 4.35. The lowest BCUT2D eigenvalue weighted by Gasteiger charge is -2.32. The molecule has 0 saturated carbocycles. The number of halogens is 4. The van der Waals surface area contributed by atoms with Gasteiger partial charge in [0.05, 0.1) is 21.2 Å². The highest BCUT2D eigenvalue weighted by atomic mass is 79.9. The summed E-state index contributed by atoms with van der Waals surface area (Å²) in [6, 6.07) is 15.3. The van der Waals surface area contributed by atoms with Crippen LogP contribution >= 0.6 is 39.1 Å². The van der Waals surface area contributed by atoms with E-state index in [-0.39, 0.29) is 34.0 Å². The summed E-state index contributed by atoms with van der Waals surface area (Å²) in [6.07, 6.45) is -0.136. The first-order valence-electron chi connectivity index (χ1n) is 12.9. The molecule has 1 fully saturated rings. The van der Waals surface area contributed by atoms with E-state index in [0.29, 0.717) is 59.7 Å². The van der Waals surface area contributed by atoms with Gasteiger partial charge in [0.25, 0.3) is 11.8 Å². The van der Waals surface area contributed by atoms with Crippen LogP contribution in [0, 0.1) is 0 Å². The predicted octanol–water partition coefficient (Wildman–Crippen LogP) is 7.39. The van der Waals surface area contributed by atoms with Crippen LogP contribution in [0.25, 0.3) is 0 Å². The van der Waals surface area contributed by atoms with Gasteiger partial charge in [-0.1, -0.05) is 51.8 Å². The maximum absolute atomic E-state index is 13.8. The van der Waals surface area contributed by atoms with Crippen molar-refractivity contribution >= 4 is 73.9 Å². The van der Waals surface area contributed by atoms with E-state index in [1.807, 2.05) is 17.0 Å². The maximum atomic E-state index is 13.8. The minimum Gasteiger partial charge on any atom is -0.371 e. The van der Waals surface area contributed by atoms with Crippen LogP contribution < -0.4 is 20.9 Å². The lowest BCUT2D eigenvalue weighted by Crippen LogP contribution is -2.35. The summed E-state index contributed by atoms with van der Waals surface area (Å²) in [5.41, 5.74) is 2.75. The van der Waals surface area contributed by atoms with Crippen LogP contribution in [0.2, 0.25) is 10.0 Å². The molecule has 7 nitrogen and oxygen atoms in total. The van der Waals surface area contributed by atoms with Crippen LogP contribution in [0.5, 0.6) is 0 Å². The molecule has 3 aromatic carbocycles. The van der Waals surface area contributed by atoms with Crippen molar-refractivity contribution in [1.82, 2.24) is 5.32 Å². The van der Waals surface area contributed by atoms with Gasteiger partial charge in [-0.2, -0.15) is 0 Å². The van der Waals surface area contributed by atoms with E-state index in [1.165, 1.54) is 6.07 Å². The number of benzene rings is 3. The number of piperidine rings is 1. The third-order valence-electron chi connectivity index (χ3n) is 6.59. The molecule has 0 unspecified atom stereocenters. The van der Waals surface area contributed by atoms with Crippen molar-refractivity contribution in [2.45, 2.75) is 32.5 Å². The Morgan fingerprint density at radius 1 is 0.976 bits per heavy atom. The van der Waals surface area contributed by atoms with Crippen molar-refractivity contribution < 1.29 is 18.8 Å². The summed E-state index contributed by atoms with van der Waals surface area (Å²) in [4.78, 5) is 40.7. The largest absolute Gasteiger partial charge is 0.371 e. The number of amides is 3. The molecule has 0 atom stereocenters. The number of alkyl halides is 1. The highest BCUT2D eigenvalue weighted by Crippen LogP contribution is 2.32. The van der Waals surface area contributed by atoms with Gasteiger partial charge in [-0.3, -0.25) is 14.4 Å². The lowest BCUT2D eigenvalue weighted by atomic mass is 10.0. The van der Waals surface area contributed by atoms with Gasteiger partial charge >= 0.3 is 0 Å². The van der Waals surface area contributed by atoms with Crippen LogP contribution in [0.4, 0.5) is 21.5 Å². The number of carbonyl (C=O) groups is 3. The smallest absolute Gasteiger partial charge is 0.258 e. The Morgan fingerprint density at radius 2 is 1.61 bits per heavy atom. The fourth-order valence-corrected chi connectivity index (χ4v) is 5.23. The van der Waals surface area contributed by atoms with Crippen LogP contribution in [-0.4, -0.2) is 37.0 Å². The number of nitrogens with one attached hydrogen (secondary N) is 3. The van der Waals surface area contributed by atoms with Gasteiger partial charge in [0, 0.05) is 46.7 Å². The van der Waals surface area contributed by atoms with Crippen LogP contribution in [0.3, 0.4) is 0 Å². The van der Waals surface area contributed by atoms with E-state index in [0.717, 1.165) is 4.47 Å². The third-order valence-corrected chi connectivity index (χ3v) is 7.87. The SMILES string of the molecule is C=C(C)C(=O)NCc1ccc(Cl)c(C(=O)Nc2ccc(N3CCC(F)CC3)c(C(=O)Nc3ccc(Br)cc3)c2)c1Cl. The van der Waals surface area contributed by atoms with Gasteiger partial charge in [-0.25, -0.2) is 4.39 Å². The highest BCUT2D eigenvalue weighted by Gasteiger charge is 2.24. The summed E-state index contributed by atoms with van der Waals surface area (Å²) < 4.78 is 14.7. The minimum atomic E-state index is -0.871. The van der Waals surface area contributed by atoms with Crippen molar-refractivity contribution in [1.29, 1.82) is 0 Å². The minimum absolute atomic E-state index is 0.0327. The first-order valence-corrected chi connectivity index (χ1v) is 14.4. The van der Waals surface area contributed by atoms with E-state index < -0.39 is 12.1 Å². The van der Waals surface area contributed by atoms with Crippen molar-refractivity contribution in [2.75, 3.05) is 28.6 Å². The number of rotatable bonds is 8. The zero-order chi connectivity index (χ0) is 29.7. The molecule has 4 rings (SSSR count). The number of anilines is 3. The Bertz CT molecular complexity index is 1490. The molecule has 11 heteroatoms. The van der Waals surface area contributed by atoms with Gasteiger partial charge in [0.2, 0.25) is 5.91 Å². The summed E-state index contributed by atoms with van der Waals surface area (Å²) in [7, 11) is 0. The molecular weight excluding hydrogens is 634 g/mol. The van der Waals surface area contributed by atoms with Crippen LogP contribution in [0.15, 0.2) is 71.2 Å². The van der Waals surface area contributed by atoms with E-state index in [4.69, 9.17) is 23.2 Å². The van der Waals surface area contributed by atoms with E-state index >= 15 is 0 Å². The Morgan fingerprint density at radius 3 is 2.27 bits per heavy atom. The predicted molar refractivity (Wildman–Crippen MR) is 166 cm³/mol. The molecule has 3 aromatic rings. The van der Waals surface area contributed by atoms with Crippen LogP contribution in [0.1, 0.15) is 46.0 Å². The quantitative estimate of drug-likeness (QED) is 0.220. The standard InChI is InChI=1S/C30H28BrCl2FN4O3/c1-17(2)28(39)35-16-18-3-9-24(32)26(27(18)33)30(41)37-22-8-10-25(38-13-11-20(34)12-14-38)23(15-22)29(40)36-21-6-4-19(31)5-7-21/h3-10,15,20H,1,11-14,16H2,2H3,(H,35,39)(H,36,40)(H,37,41). The number of nitrogens with zero attached hydrogens (tertiary/aromatic N) is 1. The molecule has 1 saturated heterocycles. The van der Waals surface area contributed by atoms with E-state index in [1.54, 1.807) is 43.3 Å². The summed E-state index contributed by atoms with van der Waals surface area (Å²) >= 11 is 16.3. The Hall–Kier alpha value is -3.40. The lowest BCUT2D eigenvalue weighted by molar-refractivity contribution is -0.117. The molecule has 41 heavy (non-hydrogen) atoms. The number of hydrogen-bond donors (Lipinski definition) is 3. The monoisotopic (exact) mass is 660 g/mol. The van der Waals surface area contributed by atoms with Crippen molar-refractivity contribution in [3.8, 4) is 0 Å². The molecule has 0 spiro atoms. The molecular formula is C30H28BrCl2FN4O3. The van der Waals surface area contributed by atoms with Gasteiger partial charge in [0.1, 0.15) is 6.17 Å². The Balaban J connectivity index is 1.61. The van der Waals surface area contributed by atoms with Gasteiger partial charge < -0.3 is 20.9 Å². The number of hydrogen-bond acceptors (Lipinski definition) is 4. The van der Waals surface area contributed by atoms with Gasteiger partial charge in [-0.15, -0.1) is 0 Å². The molecule has 3 N–H and O–H groups in total. The molecule has 0 radical (unpaired) electrons. The third kappa shape index (κ3) is 7.67. The molecule has 1 aliphatic heterocycles. The average Bonchev–Trinajstić information content (AvgIpc) is 2.94. The molecule has 1 heterocycles. The first kappa shape index (κ1) is 30.6. The normalized spacial score (nSPS) is 13.4. The second kappa shape index (κ2) is 13.5. The molecule has 0 bridgehead atoms. The molecule has 3 amide bonds. The summed E-state index contributed by atoms with van der Waals surface area (Å²) in [5, 5.41) is 8.57. The summed E-state index contributed by atoms with van der Waals surface area (Å²) in [5.74, 6) is -1.31. The second-order valence-corrected chi connectivity index (χ2v) is 11.4. The van der Waals surface area contributed by atoms with Crippen molar-refractivity contribution in [3.05, 3.63) is 98.0 Å². The number of carbonyl (C=O) groups excluding carboxylic acids is 3. The molecule has 1 aliphatic rings. The van der Waals surface area contributed by atoms with Gasteiger partial charge in [0.15, 0.2) is 0 Å². The summed E-state index contributed by atoms with van der Waals surface area (Å²) in [6.45, 7) is 6.19. The topological polar surface area (TPSA) is 90.5 Å².